The number of carbonyl (C=O) groups excluding carboxylic acids is 1. The summed E-state index contributed by atoms with van der Waals surface area (Å²) < 4.78 is 1.96. The Bertz CT molecular complexity index is 349. The molecule has 0 aliphatic rings. The van der Waals surface area contributed by atoms with Crippen LogP contribution >= 0.6 is 0 Å². The number of rotatable bonds is 3. The molecule has 1 aromatic rings. The normalized spacial score (nSPS) is 11.2. The van der Waals surface area contributed by atoms with Gasteiger partial charge in [-0.05, 0) is 17.0 Å². The minimum atomic E-state index is -0.112. The van der Waals surface area contributed by atoms with Gasteiger partial charge in [-0.15, -0.1) is 0 Å². The molecule has 0 aliphatic carbocycles. The number of aryl methyl sites for hydroxylation is 1. The van der Waals surface area contributed by atoms with Crippen molar-refractivity contribution in [2.75, 3.05) is 6.54 Å². The van der Waals surface area contributed by atoms with E-state index < -0.39 is 0 Å². The summed E-state index contributed by atoms with van der Waals surface area (Å²) in [7, 11) is 1.96. The number of aromatic nitrogens is 1. The minimum Gasteiger partial charge on any atom is -0.357 e. The quantitative estimate of drug-likeness (QED) is 0.807. The Labute approximate surface area is 97.0 Å². The molecule has 0 aromatic carbocycles. The van der Waals surface area contributed by atoms with E-state index in [2.05, 4.69) is 31.4 Å². The summed E-state index contributed by atoms with van der Waals surface area (Å²) in [6.07, 6.45) is 3.95. The summed E-state index contributed by atoms with van der Waals surface area (Å²) in [5, 5.41) is 5.66. The summed E-state index contributed by atoms with van der Waals surface area (Å²) in [5.74, 6) is 0. The van der Waals surface area contributed by atoms with E-state index in [1.807, 2.05) is 30.1 Å². The first-order valence-electron chi connectivity index (χ1n) is 5.49. The van der Waals surface area contributed by atoms with Crippen LogP contribution in [0, 0.1) is 5.41 Å². The van der Waals surface area contributed by atoms with Gasteiger partial charge in [-0.1, -0.05) is 20.8 Å². The molecule has 0 saturated carbocycles. The third-order valence-electron chi connectivity index (χ3n) is 2.13. The van der Waals surface area contributed by atoms with Crippen LogP contribution in [0.3, 0.4) is 0 Å². The lowest BCUT2D eigenvalue weighted by Crippen LogP contribution is -2.39. The predicted octanol–water partition coefficient (Wildman–Crippen LogP) is 1.87. The molecule has 0 saturated heterocycles. The van der Waals surface area contributed by atoms with Gasteiger partial charge in [0, 0.05) is 32.5 Å². The zero-order chi connectivity index (χ0) is 12.2. The van der Waals surface area contributed by atoms with Crippen molar-refractivity contribution >= 4 is 6.03 Å². The van der Waals surface area contributed by atoms with E-state index in [9.17, 15) is 4.79 Å². The number of nitrogens with zero attached hydrogens (tertiary/aromatic N) is 1. The van der Waals surface area contributed by atoms with Gasteiger partial charge in [0.15, 0.2) is 0 Å². The van der Waals surface area contributed by atoms with Gasteiger partial charge in [-0.3, -0.25) is 0 Å². The molecule has 4 nitrogen and oxygen atoms in total. The Balaban J connectivity index is 2.25. The summed E-state index contributed by atoms with van der Waals surface area (Å²) in [5.41, 5.74) is 1.22. The molecule has 0 atom stereocenters. The Hall–Kier alpha value is -1.45. The molecule has 1 aromatic heterocycles. The minimum absolute atomic E-state index is 0.112. The molecule has 16 heavy (non-hydrogen) atoms. The van der Waals surface area contributed by atoms with Crippen molar-refractivity contribution in [2.24, 2.45) is 12.5 Å². The Morgan fingerprint density at radius 2 is 2.06 bits per heavy atom. The molecule has 0 radical (unpaired) electrons. The van der Waals surface area contributed by atoms with Crippen LogP contribution in [0.4, 0.5) is 4.79 Å². The molecule has 4 heteroatoms. The SMILES string of the molecule is Cn1ccc(CNC(=O)NCC(C)(C)C)c1. The molecular formula is C12H21N3O. The number of carbonyl (C=O) groups is 1. The average Bonchev–Trinajstić information content (AvgIpc) is 2.57. The van der Waals surface area contributed by atoms with Gasteiger partial charge < -0.3 is 15.2 Å². The molecule has 0 unspecified atom stereocenters. The Kier molecular flexibility index (Phi) is 3.99. The number of urea groups is 1. The number of nitrogens with one attached hydrogen (secondary N) is 2. The van der Waals surface area contributed by atoms with E-state index in [4.69, 9.17) is 0 Å². The van der Waals surface area contributed by atoms with E-state index in [-0.39, 0.29) is 11.4 Å². The summed E-state index contributed by atoms with van der Waals surface area (Å²) >= 11 is 0. The van der Waals surface area contributed by atoms with Crippen molar-refractivity contribution in [3.63, 3.8) is 0 Å². The van der Waals surface area contributed by atoms with Crippen molar-refractivity contribution in [1.82, 2.24) is 15.2 Å². The summed E-state index contributed by atoms with van der Waals surface area (Å²) in [6.45, 7) is 7.50. The van der Waals surface area contributed by atoms with E-state index in [0.29, 0.717) is 13.1 Å². The second-order valence-electron chi connectivity index (χ2n) is 5.28. The maximum atomic E-state index is 11.4. The highest BCUT2D eigenvalue weighted by atomic mass is 16.2. The van der Waals surface area contributed by atoms with Crippen molar-refractivity contribution in [2.45, 2.75) is 27.3 Å². The largest absolute Gasteiger partial charge is 0.357 e. The number of hydrogen-bond acceptors (Lipinski definition) is 1. The fraction of sp³-hybridized carbons (Fsp3) is 0.583. The van der Waals surface area contributed by atoms with Crippen LogP contribution in [0.2, 0.25) is 0 Å². The fourth-order valence-corrected chi connectivity index (χ4v) is 1.26. The molecular weight excluding hydrogens is 202 g/mol. The summed E-state index contributed by atoms with van der Waals surface area (Å²) in [6, 6.07) is 1.88. The molecule has 0 bridgehead atoms. The average molecular weight is 223 g/mol. The monoisotopic (exact) mass is 223 g/mol. The molecule has 2 N–H and O–H groups in total. The van der Waals surface area contributed by atoms with Gasteiger partial charge in [0.25, 0.3) is 0 Å². The highest BCUT2D eigenvalue weighted by molar-refractivity contribution is 5.73. The molecule has 0 fully saturated rings. The standard InChI is InChI=1S/C12H21N3O/c1-12(2,3)9-14-11(16)13-7-10-5-6-15(4)8-10/h5-6,8H,7,9H2,1-4H3,(H2,13,14,16). The van der Waals surface area contributed by atoms with E-state index in [1.165, 1.54) is 0 Å². The first kappa shape index (κ1) is 12.6. The predicted molar refractivity (Wildman–Crippen MR) is 65.1 cm³/mol. The Morgan fingerprint density at radius 1 is 1.38 bits per heavy atom. The first-order chi connectivity index (χ1) is 7.37. The van der Waals surface area contributed by atoms with Gasteiger partial charge in [-0.25, -0.2) is 4.79 Å². The van der Waals surface area contributed by atoms with Crippen molar-refractivity contribution in [3.05, 3.63) is 24.0 Å². The zero-order valence-corrected chi connectivity index (χ0v) is 10.5. The van der Waals surface area contributed by atoms with Gasteiger partial charge in [-0.2, -0.15) is 0 Å². The van der Waals surface area contributed by atoms with Crippen LogP contribution in [0.15, 0.2) is 18.5 Å². The van der Waals surface area contributed by atoms with Gasteiger partial charge in [0.1, 0.15) is 0 Å². The lowest BCUT2D eigenvalue weighted by molar-refractivity contribution is 0.235. The second kappa shape index (κ2) is 5.05. The lowest BCUT2D eigenvalue weighted by atomic mass is 9.97. The molecule has 0 spiro atoms. The van der Waals surface area contributed by atoms with Crippen LogP contribution in [-0.2, 0) is 13.6 Å². The van der Waals surface area contributed by atoms with Gasteiger partial charge in [0.05, 0.1) is 0 Å². The smallest absolute Gasteiger partial charge is 0.315 e. The van der Waals surface area contributed by atoms with E-state index in [0.717, 1.165) is 5.56 Å². The maximum absolute atomic E-state index is 11.4. The Morgan fingerprint density at radius 3 is 2.56 bits per heavy atom. The van der Waals surface area contributed by atoms with E-state index >= 15 is 0 Å². The molecule has 1 rings (SSSR count). The van der Waals surface area contributed by atoms with E-state index in [1.54, 1.807) is 0 Å². The third kappa shape index (κ3) is 4.87. The molecule has 0 aliphatic heterocycles. The van der Waals surface area contributed by atoms with Crippen LogP contribution in [0.25, 0.3) is 0 Å². The second-order valence-corrected chi connectivity index (χ2v) is 5.28. The number of amides is 2. The topological polar surface area (TPSA) is 46.1 Å². The van der Waals surface area contributed by atoms with Crippen LogP contribution in [0.5, 0.6) is 0 Å². The fourth-order valence-electron chi connectivity index (χ4n) is 1.26. The number of hydrogen-bond donors (Lipinski definition) is 2. The first-order valence-corrected chi connectivity index (χ1v) is 5.49. The molecule has 1 heterocycles. The molecule has 90 valence electrons. The van der Waals surface area contributed by atoms with Crippen molar-refractivity contribution in [3.8, 4) is 0 Å². The summed E-state index contributed by atoms with van der Waals surface area (Å²) in [4.78, 5) is 11.4. The lowest BCUT2D eigenvalue weighted by Gasteiger charge is -2.18. The highest BCUT2D eigenvalue weighted by Crippen LogP contribution is 2.09. The maximum Gasteiger partial charge on any atom is 0.315 e. The van der Waals surface area contributed by atoms with Crippen LogP contribution < -0.4 is 10.6 Å². The van der Waals surface area contributed by atoms with Gasteiger partial charge in [0.2, 0.25) is 0 Å². The zero-order valence-electron chi connectivity index (χ0n) is 10.5. The van der Waals surface area contributed by atoms with Crippen molar-refractivity contribution in [1.29, 1.82) is 0 Å². The highest BCUT2D eigenvalue weighted by Gasteiger charge is 2.11. The van der Waals surface area contributed by atoms with Crippen LogP contribution in [-0.4, -0.2) is 17.1 Å². The molecule has 2 amide bonds. The third-order valence-corrected chi connectivity index (χ3v) is 2.13. The van der Waals surface area contributed by atoms with Gasteiger partial charge >= 0.3 is 6.03 Å². The van der Waals surface area contributed by atoms with Crippen molar-refractivity contribution < 1.29 is 4.79 Å². The van der Waals surface area contributed by atoms with Crippen LogP contribution in [0.1, 0.15) is 26.3 Å².